The molecule has 0 aromatic heterocycles. The van der Waals surface area contributed by atoms with Crippen LogP contribution in [0.2, 0.25) is 0 Å². The van der Waals surface area contributed by atoms with Crippen LogP contribution in [0.15, 0.2) is 36.5 Å². The lowest BCUT2D eigenvalue weighted by molar-refractivity contribution is -0.154. The molecule has 0 aromatic carbocycles. The minimum Gasteiger partial charge on any atom is -0.457 e. The van der Waals surface area contributed by atoms with Gasteiger partial charge in [0, 0.05) is 19.6 Å². The molecule has 9 heteroatoms. The molecule has 0 saturated heterocycles. The number of carbonyl (C=O) groups excluding carboxylic acids is 1. The summed E-state index contributed by atoms with van der Waals surface area (Å²) in [6, 6.07) is 0. The quantitative estimate of drug-likeness (QED) is 0.0314. The van der Waals surface area contributed by atoms with Crippen molar-refractivity contribution < 1.29 is 32.8 Å². The SMILES string of the molecule is CCCCCCC/C=C\C/C=C\C/C=C\CCCCCCCCCCCOCC(COP(=O)(O)OCCN)OC(=O)CCC. The van der Waals surface area contributed by atoms with Crippen molar-refractivity contribution in [3.63, 3.8) is 0 Å². The number of hydrogen-bond acceptors (Lipinski definition) is 7. The van der Waals surface area contributed by atoms with E-state index < -0.39 is 13.9 Å². The van der Waals surface area contributed by atoms with Crippen LogP contribution in [0.4, 0.5) is 0 Å². The van der Waals surface area contributed by atoms with E-state index in [-0.39, 0.29) is 38.8 Å². The Morgan fingerprint density at radius 1 is 0.682 bits per heavy atom. The van der Waals surface area contributed by atoms with E-state index in [1.165, 1.54) is 89.9 Å². The highest BCUT2D eigenvalue weighted by atomic mass is 31.2. The van der Waals surface area contributed by atoms with Crippen molar-refractivity contribution >= 4 is 13.8 Å². The average Bonchev–Trinajstić information content (AvgIpc) is 3.00. The number of carbonyl (C=O) groups is 1. The molecule has 0 bridgehead atoms. The largest absolute Gasteiger partial charge is 0.472 e. The van der Waals surface area contributed by atoms with Crippen LogP contribution in [0.25, 0.3) is 0 Å². The molecule has 2 atom stereocenters. The van der Waals surface area contributed by atoms with E-state index in [1.54, 1.807) is 0 Å². The Morgan fingerprint density at radius 2 is 1.20 bits per heavy atom. The summed E-state index contributed by atoms with van der Waals surface area (Å²) in [5.74, 6) is -0.387. The molecule has 0 rings (SSSR count). The van der Waals surface area contributed by atoms with Gasteiger partial charge in [-0.3, -0.25) is 13.8 Å². The van der Waals surface area contributed by atoms with Crippen molar-refractivity contribution in [1.82, 2.24) is 0 Å². The first kappa shape index (κ1) is 42.7. The second kappa shape index (κ2) is 33.1. The van der Waals surface area contributed by atoms with Crippen molar-refractivity contribution in [1.29, 1.82) is 0 Å². The zero-order valence-corrected chi connectivity index (χ0v) is 29.0. The first-order chi connectivity index (χ1) is 21.4. The summed E-state index contributed by atoms with van der Waals surface area (Å²) < 4.78 is 32.5. The minimum atomic E-state index is -4.24. The number of rotatable bonds is 33. The van der Waals surface area contributed by atoms with Gasteiger partial charge < -0.3 is 20.1 Å². The summed E-state index contributed by atoms with van der Waals surface area (Å²) in [5, 5.41) is 0. The number of unbranched alkanes of at least 4 members (excludes halogenated alkanes) is 14. The Bertz CT molecular complexity index is 772. The van der Waals surface area contributed by atoms with Gasteiger partial charge in [-0.05, 0) is 51.4 Å². The molecule has 0 aliphatic heterocycles. The molecule has 2 unspecified atom stereocenters. The third-order valence-corrected chi connectivity index (χ3v) is 8.01. The van der Waals surface area contributed by atoms with Crippen molar-refractivity contribution in [3.8, 4) is 0 Å². The molecule has 3 N–H and O–H groups in total. The zero-order chi connectivity index (χ0) is 32.4. The Kier molecular flexibility index (Phi) is 32.1. The molecule has 0 spiro atoms. The maximum Gasteiger partial charge on any atom is 0.472 e. The first-order valence-electron chi connectivity index (χ1n) is 17.5. The summed E-state index contributed by atoms with van der Waals surface area (Å²) in [5.41, 5.74) is 5.28. The van der Waals surface area contributed by atoms with Gasteiger partial charge in [0.05, 0.1) is 19.8 Å². The molecule has 8 nitrogen and oxygen atoms in total. The fraction of sp³-hybridized carbons (Fsp3) is 0.800. The smallest absolute Gasteiger partial charge is 0.457 e. The average molecular weight is 644 g/mol. The van der Waals surface area contributed by atoms with Gasteiger partial charge in [0.1, 0.15) is 6.10 Å². The molecular weight excluding hydrogens is 577 g/mol. The highest BCUT2D eigenvalue weighted by Crippen LogP contribution is 2.43. The van der Waals surface area contributed by atoms with Gasteiger partial charge in [0.25, 0.3) is 0 Å². The van der Waals surface area contributed by atoms with Crippen LogP contribution >= 0.6 is 7.82 Å². The second-order valence-electron chi connectivity index (χ2n) is 11.4. The van der Waals surface area contributed by atoms with E-state index in [9.17, 15) is 14.3 Å². The Labute approximate surface area is 269 Å². The topological polar surface area (TPSA) is 117 Å². The van der Waals surface area contributed by atoms with Gasteiger partial charge >= 0.3 is 13.8 Å². The number of nitrogens with two attached hydrogens (primary N) is 1. The predicted molar refractivity (Wildman–Crippen MR) is 183 cm³/mol. The standard InChI is InChI=1S/C35H66NO7P/c1-3-5-6-7-8-9-10-11-12-13-14-15-16-17-18-19-20-21-22-23-24-25-26-27-30-40-32-34(43-35(37)28-4-2)33-42-44(38,39)41-31-29-36/h10-11,13-14,16-17,34H,3-9,12,15,18-33,36H2,1-2H3,(H,38,39)/b11-10-,14-13-,17-16-. The summed E-state index contributed by atoms with van der Waals surface area (Å²) in [6.45, 7) is 4.51. The number of ether oxygens (including phenoxy) is 2. The van der Waals surface area contributed by atoms with Gasteiger partial charge in [-0.2, -0.15) is 0 Å². The molecule has 0 aliphatic carbocycles. The van der Waals surface area contributed by atoms with Gasteiger partial charge in [-0.1, -0.05) is 121 Å². The van der Waals surface area contributed by atoms with Crippen LogP contribution in [0, 0.1) is 0 Å². The van der Waals surface area contributed by atoms with Crippen molar-refractivity contribution in [3.05, 3.63) is 36.5 Å². The summed E-state index contributed by atoms with van der Waals surface area (Å²) in [7, 11) is -4.24. The lowest BCUT2D eigenvalue weighted by atomic mass is 10.1. The summed E-state index contributed by atoms with van der Waals surface area (Å²) in [6.07, 6.45) is 36.1. The number of hydrogen-bond donors (Lipinski definition) is 2. The van der Waals surface area contributed by atoms with Gasteiger partial charge in [-0.15, -0.1) is 0 Å². The number of esters is 1. The van der Waals surface area contributed by atoms with Gasteiger partial charge in [-0.25, -0.2) is 4.57 Å². The molecule has 0 fully saturated rings. The predicted octanol–water partition coefficient (Wildman–Crippen LogP) is 9.52. The number of phosphoric acid groups is 1. The molecule has 258 valence electrons. The fourth-order valence-electron chi connectivity index (χ4n) is 4.51. The lowest BCUT2D eigenvalue weighted by Crippen LogP contribution is -2.28. The number of phosphoric ester groups is 1. The Balaban J connectivity index is 3.68. The third kappa shape index (κ3) is 32.1. The summed E-state index contributed by atoms with van der Waals surface area (Å²) >= 11 is 0. The zero-order valence-electron chi connectivity index (χ0n) is 28.1. The molecule has 0 radical (unpaired) electrons. The molecule has 0 amide bonds. The van der Waals surface area contributed by atoms with E-state index in [0.29, 0.717) is 13.0 Å². The molecule has 0 aliphatic rings. The minimum absolute atomic E-state index is 0.0975. The third-order valence-electron chi connectivity index (χ3n) is 7.03. The number of allylic oxidation sites excluding steroid dienone is 6. The molecule has 0 aromatic rings. The maximum absolute atomic E-state index is 11.9. The van der Waals surface area contributed by atoms with Crippen LogP contribution in [-0.2, 0) is 27.9 Å². The molecule has 44 heavy (non-hydrogen) atoms. The van der Waals surface area contributed by atoms with Gasteiger partial charge in [0.2, 0.25) is 0 Å². The lowest BCUT2D eigenvalue weighted by Gasteiger charge is -2.19. The van der Waals surface area contributed by atoms with Crippen LogP contribution in [0.5, 0.6) is 0 Å². The second-order valence-corrected chi connectivity index (χ2v) is 12.8. The molecule has 0 heterocycles. The molecule has 0 saturated carbocycles. The molecular formula is C35H66NO7P. The monoisotopic (exact) mass is 643 g/mol. The Morgan fingerprint density at radius 3 is 1.75 bits per heavy atom. The normalized spacial score (nSPS) is 14.2. The highest BCUT2D eigenvalue weighted by molar-refractivity contribution is 7.47. The van der Waals surface area contributed by atoms with E-state index >= 15 is 0 Å². The van der Waals surface area contributed by atoms with Crippen LogP contribution in [0.3, 0.4) is 0 Å². The van der Waals surface area contributed by atoms with Crippen LogP contribution in [-0.4, -0.2) is 49.9 Å². The van der Waals surface area contributed by atoms with E-state index in [2.05, 4.69) is 43.4 Å². The summed E-state index contributed by atoms with van der Waals surface area (Å²) in [4.78, 5) is 21.5. The van der Waals surface area contributed by atoms with Crippen molar-refractivity contribution in [2.24, 2.45) is 5.73 Å². The fourth-order valence-corrected chi connectivity index (χ4v) is 5.28. The first-order valence-corrected chi connectivity index (χ1v) is 19.0. The van der Waals surface area contributed by atoms with E-state index in [4.69, 9.17) is 24.3 Å². The van der Waals surface area contributed by atoms with Crippen LogP contribution < -0.4 is 5.73 Å². The van der Waals surface area contributed by atoms with Crippen LogP contribution in [0.1, 0.15) is 142 Å². The van der Waals surface area contributed by atoms with Crippen molar-refractivity contribution in [2.75, 3.05) is 33.0 Å². The highest BCUT2D eigenvalue weighted by Gasteiger charge is 2.25. The maximum atomic E-state index is 11.9. The van der Waals surface area contributed by atoms with Gasteiger partial charge in [0.15, 0.2) is 0 Å². The Hall–Kier alpha value is -1.28. The van der Waals surface area contributed by atoms with Crippen molar-refractivity contribution in [2.45, 2.75) is 148 Å². The van der Waals surface area contributed by atoms with E-state index in [0.717, 1.165) is 25.7 Å². The van der Waals surface area contributed by atoms with E-state index in [1.807, 2.05) is 6.92 Å².